The number of fused-ring (bicyclic) bond motifs is 1. The van der Waals surface area contributed by atoms with Crippen molar-refractivity contribution in [3.8, 4) is 5.75 Å². The van der Waals surface area contributed by atoms with E-state index in [1.54, 1.807) is 6.07 Å². The summed E-state index contributed by atoms with van der Waals surface area (Å²) < 4.78 is 27.8. The maximum absolute atomic E-state index is 14.0. The molecule has 0 atom stereocenters. The monoisotopic (exact) mass is 329 g/mol. The summed E-state index contributed by atoms with van der Waals surface area (Å²) in [4.78, 5) is 7.84. The largest absolute Gasteiger partial charge is 0.508 e. The minimum absolute atomic E-state index is 0.0378. The number of aromatic nitrogens is 2. The van der Waals surface area contributed by atoms with Crippen LogP contribution in [0.1, 0.15) is 16.7 Å². The van der Waals surface area contributed by atoms with E-state index < -0.39 is 11.6 Å². The first-order valence-corrected chi connectivity index (χ1v) is 7.59. The third-order valence-corrected chi connectivity index (χ3v) is 4.25. The van der Waals surface area contributed by atoms with Crippen molar-refractivity contribution < 1.29 is 13.9 Å². The van der Waals surface area contributed by atoms with Crippen LogP contribution in [-0.2, 0) is 6.42 Å². The van der Waals surface area contributed by atoms with Gasteiger partial charge in [-0.3, -0.25) is 0 Å². The Bertz CT molecular complexity index is 912. The lowest BCUT2D eigenvalue weighted by Gasteiger charge is -2.12. The summed E-state index contributed by atoms with van der Waals surface area (Å²) in [6, 6.07) is 5.64. The lowest BCUT2D eigenvalue weighted by Crippen LogP contribution is -2.09. The molecule has 3 rings (SSSR count). The fourth-order valence-corrected chi connectivity index (χ4v) is 2.68. The Kier molecular flexibility index (Phi) is 4.29. The lowest BCUT2D eigenvalue weighted by atomic mass is 10.00. The first kappa shape index (κ1) is 16.1. The van der Waals surface area contributed by atoms with Crippen LogP contribution >= 0.6 is 0 Å². The summed E-state index contributed by atoms with van der Waals surface area (Å²) in [5, 5.41) is 12.8. The van der Waals surface area contributed by atoms with Crippen molar-refractivity contribution in [2.24, 2.45) is 0 Å². The van der Waals surface area contributed by atoms with Crippen LogP contribution in [0.4, 0.5) is 14.6 Å². The number of nitrogens with one attached hydrogen (secondary N) is 1. The van der Waals surface area contributed by atoms with Gasteiger partial charge in [0.25, 0.3) is 0 Å². The lowest BCUT2D eigenvalue weighted by molar-refractivity contribution is 0.470. The average molecular weight is 329 g/mol. The van der Waals surface area contributed by atoms with Crippen LogP contribution in [0.25, 0.3) is 10.9 Å². The maximum Gasteiger partial charge on any atom is 0.149 e. The molecule has 0 aliphatic carbocycles. The quantitative estimate of drug-likeness (QED) is 0.762. The number of aromatic hydroxyl groups is 1. The topological polar surface area (TPSA) is 58.0 Å². The van der Waals surface area contributed by atoms with Crippen LogP contribution < -0.4 is 5.32 Å². The third kappa shape index (κ3) is 2.87. The maximum atomic E-state index is 14.0. The number of hydrogen-bond donors (Lipinski definition) is 2. The average Bonchev–Trinajstić information content (AvgIpc) is 2.58. The number of rotatable bonds is 4. The van der Waals surface area contributed by atoms with Crippen molar-refractivity contribution in [1.82, 2.24) is 9.97 Å². The number of phenols is 1. The summed E-state index contributed by atoms with van der Waals surface area (Å²) in [6.45, 7) is 4.30. The Hall–Kier alpha value is -2.76. The van der Waals surface area contributed by atoms with Gasteiger partial charge in [0, 0.05) is 6.54 Å². The van der Waals surface area contributed by atoms with Gasteiger partial charge in [-0.2, -0.15) is 0 Å². The minimum Gasteiger partial charge on any atom is -0.508 e. The fourth-order valence-electron chi connectivity index (χ4n) is 2.68. The van der Waals surface area contributed by atoms with Crippen molar-refractivity contribution in [1.29, 1.82) is 0 Å². The molecule has 0 bridgehead atoms. The molecule has 24 heavy (non-hydrogen) atoms. The predicted octanol–water partition coefficient (Wildman–Crippen LogP) is 3.89. The van der Waals surface area contributed by atoms with Crippen LogP contribution in [0.5, 0.6) is 5.75 Å². The second kappa shape index (κ2) is 6.39. The molecule has 0 radical (unpaired) electrons. The molecular weight excluding hydrogens is 312 g/mol. The van der Waals surface area contributed by atoms with E-state index in [-0.39, 0.29) is 22.5 Å². The standard InChI is InChI=1S/C18H17F2N3O/c1-10-11(2)15(24)6-3-12(10)7-8-21-18-16-13(19)4-5-14(20)17(16)22-9-23-18/h3-6,9,24H,7-8H2,1-2H3,(H,21,22,23). The first-order chi connectivity index (χ1) is 11.5. The highest BCUT2D eigenvalue weighted by molar-refractivity contribution is 5.89. The molecule has 2 N–H and O–H groups in total. The molecule has 1 aromatic heterocycles. The Morgan fingerprint density at radius 1 is 1.00 bits per heavy atom. The summed E-state index contributed by atoms with van der Waals surface area (Å²) in [5.74, 6) is -0.610. The van der Waals surface area contributed by atoms with Gasteiger partial charge in [-0.25, -0.2) is 18.7 Å². The van der Waals surface area contributed by atoms with Gasteiger partial charge in [-0.15, -0.1) is 0 Å². The fraction of sp³-hybridized carbons (Fsp3) is 0.222. The predicted molar refractivity (Wildman–Crippen MR) is 89.2 cm³/mol. The zero-order valence-electron chi connectivity index (χ0n) is 13.4. The normalized spacial score (nSPS) is 11.0. The second-order valence-electron chi connectivity index (χ2n) is 5.65. The van der Waals surface area contributed by atoms with Crippen molar-refractivity contribution in [2.75, 3.05) is 11.9 Å². The van der Waals surface area contributed by atoms with Gasteiger partial charge in [0.05, 0.1) is 5.39 Å². The summed E-state index contributed by atoms with van der Waals surface area (Å²) in [7, 11) is 0. The van der Waals surface area contributed by atoms with Gasteiger partial charge in [0.15, 0.2) is 0 Å². The molecule has 124 valence electrons. The molecule has 0 saturated heterocycles. The van der Waals surface area contributed by atoms with Crippen LogP contribution in [-0.4, -0.2) is 21.6 Å². The van der Waals surface area contributed by atoms with Gasteiger partial charge in [0.1, 0.15) is 35.0 Å². The Morgan fingerprint density at radius 3 is 2.54 bits per heavy atom. The number of anilines is 1. The van der Waals surface area contributed by atoms with Crippen LogP contribution in [0, 0.1) is 25.5 Å². The molecule has 0 unspecified atom stereocenters. The first-order valence-electron chi connectivity index (χ1n) is 7.59. The number of halogens is 2. The minimum atomic E-state index is -0.582. The Labute approximate surface area is 138 Å². The van der Waals surface area contributed by atoms with Crippen LogP contribution in [0.15, 0.2) is 30.6 Å². The van der Waals surface area contributed by atoms with E-state index >= 15 is 0 Å². The molecule has 4 nitrogen and oxygen atoms in total. The molecule has 0 aliphatic heterocycles. The zero-order chi connectivity index (χ0) is 17.3. The van der Waals surface area contributed by atoms with E-state index in [4.69, 9.17) is 0 Å². The molecule has 1 heterocycles. The molecular formula is C18H17F2N3O. The molecule has 0 aliphatic rings. The van der Waals surface area contributed by atoms with Crippen LogP contribution in [0.2, 0.25) is 0 Å². The van der Waals surface area contributed by atoms with E-state index in [0.717, 1.165) is 28.8 Å². The third-order valence-electron chi connectivity index (χ3n) is 4.25. The SMILES string of the molecule is Cc1c(O)ccc(CCNc2ncnc3c(F)ccc(F)c23)c1C. The smallest absolute Gasteiger partial charge is 0.149 e. The highest BCUT2D eigenvalue weighted by Crippen LogP contribution is 2.26. The van der Waals surface area contributed by atoms with E-state index in [1.807, 2.05) is 19.9 Å². The summed E-state index contributed by atoms with van der Waals surface area (Å²) in [6.07, 6.45) is 1.87. The van der Waals surface area contributed by atoms with E-state index in [9.17, 15) is 13.9 Å². The Morgan fingerprint density at radius 2 is 1.75 bits per heavy atom. The van der Waals surface area contributed by atoms with Gasteiger partial charge < -0.3 is 10.4 Å². The van der Waals surface area contributed by atoms with Gasteiger partial charge in [-0.1, -0.05) is 6.07 Å². The molecule has 0 spiro atoms. The highest BCUT2D eigenvalue weighted by atomic mass is 19.1. The van der Waals surface area contributed by atoms with E-state index in [0.29, 0.717) is 13.0 Å². The number of nitrogens with zero attached hydrogens (tertiary/aromatic N) is 2. The molecule has 0 amide bonds. The van der Waals surface area contributed by atoms with E-state index in [1.165, 1.54) is 6.33 Å². The summed E-state index contributed by atoms with van der Waals surface area (Å²) in [5.41, 5.74) is 2.89. The number of hydrogen-bond acceptors (Lipinski definition) is 4. The second-order valence-corrected chi connectivity index (χ2v) is 5.65. The van der Waals surface area contributed by atoms with Crippen molar-refractivity contribution >= 4 is 16.7 Å². The molecule has 2 aromatic carbocycles. The van der Waals surface area contributed by atoms with E-state index in [2.05, 4.69) is 15.3 Å². The van der Waals surface area contributed by atoms with Crippen LogP contribution in [0.3, 0.4) is 0 Å². The van der Waals surface area contributed by atoms with Crippen molar-refractivity contribution in [3.05, 3.63) is 58.9 Å². The van der Waals surface area contributed by atoms with Gasteiger partial charge in [0.2, 0.25) is 0 Å². The van der Waals surface area contributed by atoms with Crippen molar-refractivity contribution in [3.63, 3.8) is 0 Å². The van der Waals surface area contributed by atoms with Crippen molar-refractivity contribution in [2.45, 2.75) is 20.3 Å². The molecule has 3 aromatic rings. The zero-order valence-corrected chi connectivity index (χ0v) is 13.4. The number of phenolic OH excluding ortho intramolecular Hbond substituents is 1. The Balaban J connectivity index is 1.82. The highest BCUT2D eigenvalue weighted by Gasteiger charge is 2.13. The molecule has 0 fully saturated rings. The van der Waals surface area contributed by atoms with Gasteiger partial charge in [-0.05, 0) is 55.2 Å². The van der Waals surface area contributed by atoms with Gasteiger partial charge >= 0.3 is 0 Å². The molecule has 6 heteroatoms. The number of benzene rings is 2. The molecule has 0 saturated carbocycles. The summed E-state index contributed by atoms with van der Waals surface area (Å²) >= 11 is 0.